The number of carbonyl (C=O) groups excluding carboxylic acids is 1. The fourth-order valence-corrected chi connectivity index (χ4v) is 5.55. The zero-order valence-electron chi connectivity index (χ0n) is 11.1. The van der Waals surface area contributed by atoms with Gasteiger partial charge in [-0.2, -0.15) is 4.31 Å². The highest BCUT2D eigenvalue weighted by atomic mass is 32.2. The van der Waals surface area contributed by atoms with Gasteiger partial charge in [-0.05, 0) is 17.9 Å². The van der Waals surface area contributed by atoms with Gasteiger partial charge in [0, 0.05) is 32.1 Å². The first-order valence-corrected chi connectivity index (χ1v) is 8.83. The molecule has 0 aromatic carbocycles. The van der Waals surface area contributed by atoms with E-state index in [9.17, 15) is 18.0 Å². The molecule has 3 rings (SSSR count). The minimum absolute atomic E-state index is 0.0683. The van der Waals surface area contributed by atoms with Crippen LogP contribution in [0.15, 0.2) is 16.3 Å². The van der Waals surface area contributed by atoms with E-state index in [4.69, 9.17) is 5.11 Å². The van der Waals surface area contributed by atoms with Gasteiger partial charge >= 0.3 is 5.97 Å². The average Bonchev–Trinajstić information content (AvgIpc) is 3.06. The molecule has 0 bridgehead atoms. The predicted molar refractivity (Wildman–Crippen MR) is 74.8 cm³/mol. The summed E-state index contributed by atoms with van der Waals surface area (Å²) in [5.41, 5.74) is 0. The molecular formula is C12H14N2O5S2. The lowest BCUT2D eigenvalue weighted by Gasteiger charge is -2.36. The lowest BCUT2D eigenvalue weighted by molar-refractivity contribution is -0.130. The first-order chi connectivity index (χ1) is 9.91. The van der Waals surface area contributed by atoms with Gasteiger partial charge in [-0.1, -0.05) is 0 Å². The van der Waals surface area contributed by atoms with E-state index in [0.717, 1.165) is 11.3 Å². The molecule has 3 heterocycles. The molecule has 1 aromatic rings. The van der Waals surface area contributed by atoms with Crippen LogP contribution in [0.25, 0.3) is 0 Å². The summed E-state index contributed by atoms with van der Waals surface area (Å²) in [6.07, 6.45) is 1.11. The van der Waals surface area contributed by atoms with Crippen LogP contribution in [0.2, 0.25) is 0 Å². The van der Waals surface area contributed by atoms with Crippen molar-refractivity contribution in [1.82, 2.24) is 9.21 Å². The number of carbonyl (C=O) groups is 2. The number of thiophene rings is 1. The number of fused-ring (bicyclic) bond motifs is 1. The summed E-state index contributed by atoms with van der Waals surface area (Å²) in [6.45, 7) is 0.817. The molecular weight excluding hydrogens is 316 g/mol. The third-order valence-corrected chi connectivity index (χ3v) is 6.84. The Hall–Kier alpha value is -1.45. The summed E-state index contributed by atoms with van der Waals surface area (Å²) >= 11 is 0.898. The molecule has 21 heavy (non-hydrogen) atoms. The third kappa shape index (κ3) is 2.34. The Kier molecular flexibility index (Phi) is 3.50. The van der Waals surface area contributed by atoms with E-state index in [0.29, 0.717) is 19.4 Å². The summed E-state index contributed by atoms with van der Waals surface area (Å²) in [6, 6.07) is 1.24. The number of carboxylic acid groups (broad SMARTS) is 1. The van der Waals surface area contributed by atoms with Gasteiger partial charge in [0.15, 0.2) is 0 Å². The van der Waals surface area contributed by atoms with Crippen LogP contribution in [0, 0.1) is 0 Å². The van der Waals surface area contributed by atoms with E-state index in [1.807, 2.05) is 0 Å². The molecule has 1 N–H and O–H groups in total. The molecule has 0 spiro atoms. The van der Waals surface area contributed by atoms with Crippen molar-refractivity contribution >= 4 is 33.2 Å². The van der Waals surface area contributed by atoms with Gasteiger partial charge in [-0.3, -0.25) is 4.79 Å². The van der Waals surface area contributed by atoms with Crippen molar-refractivity contribution < 1.29 is 23.1 Å². The van der Waals surface area contributed by atoms with E-state index in [1.165, 1.54) is 15.8 Å². The van der Waals surface area contributed by atoms with Gasteiger partial charge in [0.2, 0.25) is 15.9 Å². The Labute approximate surface area is 125 Å². The molecule has 0 radical (unpaired) electrons. The Morgan fingerprint density at radius 2 is 2.14 bits per heavy atom. The topological polar surface area (TPSA) is 95.0 Å². The van der Waals surface area contributed by atoms with Crippen molar-refractivity contribution in [3.8, 4) is 0 Å². The van der Waals surface area contributed by atoms with Gasteiger partial charge in [-0.15, -0.1) is 11.3 Å². The maximum absolute atomic E-state index is 12.6. The second-order valence-electron chi connectivity index (χ2n) is 5.06. The lowest BCUT2D eigenvalue weighted by atomic mass is 10.2. The third-order valence-electron chi connectivity index (χ3n) is 3.90. The van der Waals surface area contributed by atoms with Gasteiger partial charge in [0.1, 0.15) is 9.77 Å². The highest BCUT2D eigenvalue weighted by Gasteiger charge is 2.40. The second-order valence-corrected chi connectivity index (χ2v) is 7.88. The molecule has 1 amide bonds. The van der Waals surface area contributed by atoms with E-state index >= 15 is 0 Å². The second kappa shape index (κ2) is 5.08. The normalized spacial score (nSPS) is 23.3. The number of sulfonamides is 1. The van der Waals surface area contributed by atoms with Crippen molar-refractivity contribution in [3.63, 3.8) is 0 Å². The summed E-state index contributed by atoms with van der Waals surface area (Å²) in [4.78, 5) is 24.1. The molecule has 2 fully saturated rings. The molecule has 1 unspecified atom stereocenters. The van der Waals surface area contributed by atoms with Crippen LogP contribution in [0.4, 0.5) is 0 Å². The number of amides is 1. The molecule has 0 saturated carbocycles. The molecule has 2 aliphatic heterocycles. The van der Waals surface area contributed by atoms with Gasteiger partial charge in [0.25, 0.3) is 0 Å². The van der Waals surface area contributed by atoms with Crippen LogP contribution in [0.5, 0.6) is 0 Å². The van der Waals surface area contributed by atoms with Crippen LogP contribution >= 0.6 is 11.3 Å². The van der Waals surface area contributed by atoms with E-state index in [1.54, 1.807) is 4.90 Å². The smallest absolute Gasteiger partial charge is 0.347 e. The number of hydrogen-bond donors (Lipinski definition) is 1. The largest absolute Gasteiger partial charge is 0.477 e. The molecule has 1 aromatic heterocycles. The van der Waals surface area contributed by atoms with E-state index in [-0.39, 0.29) is 34.8 Å². The van der Waals surface area contributed by atoms with Crippen molar-refractivity contribution in [3.05, 3.63) is 16.3 Å². The molecule has 0 aliphatic carbocycles. The summed E-state index contributed by atoms with van der Waals surface area (Å²) in [5, 5.41) is 10.5. The zero-order valence-corrected chi connectivity index (χ0v) is 12.7. The zero-order chi connectivity index (χ0) is 15.2. The molecule has 1 atom stereocenters. The molecule has 114 valence electrons. The maximum Gasteiger partial charge on any atom is 0.347 e. The number of piperazine rings is 1. The molecule has 7 nitrogen and oxygen atoms in total. The van der Waals surface area contributed by atoms with Crippen LogP contribution in [-0.4, -0.2) is 60.3 Å². The van der Waals surface area contributed by atoms with Crippen LogP contribution in [0.3, 0.4) is 0 Å². The monoisotopic (exact) mass is 330 g/mol. The van der Waals surface area contributed by atoms with Crippen LogP contribution in [-0.2, 0) is 14.8 Å². The van der Waals surface area contributed by atoms with Crippen molar-refractivity contribution in [1.29, 1.82) is 0 Å². The van der Waals surface area contributed by atoms with Gasteiger partial charge in [0.05, 0.1) is 0 Å². The fourth-order valence-electron chi connectivity index (χ4n) is 2.85. The fraction of sp³-hybridized carbons (Fsp3) is 0.500. The van der Waals surface area contributed by atoms with Gasteiger partial charge < -0.3 is 10.0 Å². The Balaban J connectivity index is 1.88. The SMILES string of the molecule is O=C(O)c1sccc1S(=O)(=O)N1CCN2C(=O)CCC2C1. The van der Waals surface area contributed by atoms with Crippen molar-refractivity contribution in [2.75, 3.05) is 19.6 Å². The van der Waals surface area contributed by atoms with Crippen molar-refractivity contribution in [2.45, 2.75) is 23.8 Å². The predicted octanol–water partition coefficient (Wildman–Crippen LogP) is 0.442. The number of nitrogens with zero attached hydrogens (tertiary/aromatic N) is 2. The Bertz CT molecular complexity index is 696. The summed E-state index contributed by atoms with van der Waals surface area (Å²) in [7, 11) is -3.83. The van der Waals surface area contributed by atoms with Crippen LogP contribution < -0.4 is 0 Å². The number of aromatic carboxylic acids is 1. The maximum atomic E-state index is 12.6. The minimum atomic E-state index is -3.83. The van der Waals surface area contributed by atoms with Crippen LogP contribution in [0.1, 0.15) is 22.5 Å². The van der Waals surface area contributed by atoms with Crippen molar-refractivity contribution in [2.24, 2.45) is 0 Å². The first-order valence-electron chi connectivity index (χ1n) is 6.51. The number of rotatable bonds is 3. The molecule has 9 heteroatoms. The number of hydrogen-bond acceptors (Lipinski definition) is 5. The van der Waals surface area contributed by atoms with E-state index < -0.39 is 16.0 Å². The molecule has 2 aliphatic rings. The average molecular weight is 330 g/mol. The standard InChI is InChI=1S/C12H14N2O5S2/c15-10-2-1-8-7-13(4-5-14(8)10)21(18,19)9-3-6-20-11(9)12(16)17/h3,6,8H,1-2,4-5,7H2,(H,16,17). The number of carboxylic acids is 1. The lowest BCUT2D eigenvalue weighted by Crippen LogP contribution is -2.53. The summed E-state index contributed by atoms with van der Waals surface area (Å²) < 4.78 is 26.5. The first kappa shape index (κ1) is 14.5. The molecule has 2 saturated heterocycles. The quantitative estimate of drug-likeness (QED) is 0.868. The summed E-state index contributed by atoms with van der Waals surface area (Å²) in [5.74, 6) is -1.17. The van der Waals surface area contributed by atoms with Gasteiger partial charge in [-0.25, -0.2) is 13.2 Å². The highest BCUT2D eigenvalue weighted by Crippen LogP contribution is 2.29. The Morgan fingerprint density at radius 3 is 2.86 bits per heavy atom. The highest BCUT2D eigenvalue weighted by molar-refractivity contribution is 7.89. The Morgan fingerprint density at radius 1 is 1.38 bits per heavy atom. The van der Waals surface area contributed by atoms with E-state index in [2.05, 4.69) is 0 Å². The minimum Gasteiger partial charge on any atom is -0.477 e.